The number of carbonyl (C=O) groups excluding carboxylic acids is 2. The maximum Gasteiger partial charge on any atom is 0.412 e. The number of hydrogen-bond donors (Lipinski definition) is 1. The van der Waals surface area contributed by atoms with E-state index in [1.807, 2.05) is 0 Å². The summed E-state index contributed by atoms with van der Waals surface area (Å²) < 4.78 is 9.07. The molecule has 1 rings (SSSR count). The molecule has 0 aromatic heterocycles. The second-order valence-electron chi connectivity index (χ2n) is 3.63. The summed E-state index contributed by atoms with van der Waals surface area (Å²) in [6.45, 7) is 1.47. The Morgan fingerprint density at radius 3 is 2.47 bits per heavy atom. The molecule has 1 amide bonds. The van der Waals surface area contributed by atoms with Crippen LogP contribution >= 0.6 is 0 Å². The van der Waals surface area contributed by atoms with Gasteiger partial charge in [-0.3, -0.25) is 4.90 Å². The zero-order chi connectivity index (χ0) is 11.6. The number of methoxy groups -OCH3 is 2. The van der Waals surface area contributed by atoms with Crippen LogP contribution in [0.15, 0.2) is 0 Å². The molecule has 1 aliphatic rings. The fourth-order valence-electron chi connectivity index (χ4n) is 1.78. The van der Waals surface area contributed by atoms with E-state index in [1.54, 1.807) is 0 Å². The molecule has 6 nitrogen and oxygen atoms in total. The number of hydrogen-bond acceptors (Lipinski definition) is 5. The van der Waals surface area contributed by atoms with Gasteiger partial charge in [-0.1, -0.05) is 0 Å². The lowest BCUT2D eigenvalue weighted by Gasteiger charge is -2.31. The van der Waals surface area contributed by atoms with Crippen LogP contribution in [0.3, 0.4) is 0 Å². The van der Waals surface area contributed by atoms with Crippen LogP contribution < -0.4 is 0 Å². The fourth-order valence-corrected chi connectivity index (χ4v) is 1.78. The minimum atomic E-state index is -1.36. The average Bonchev–Trinajstić information content (AvgIpc) is 2.52. The predicted molar refractivity (Wildman–Crippen MR) is 49.9 cm³/mol. The van der Waals surface area contributed by atoms with Gasteiger partial charge in [0.05, 0.1) is 14.2 Å². The van der Waals surface area contributed by atoms with Crippen LogP contribution in [0.25, 0.3) is 0 Å². The molecule has 86 valence electrons. The fraction of sp³-hybridized carbons (Fsp3) is 0.778. The average molecular weight is 217 g/mol. The van der Waals surface area contributed by atoms with Gasteiger partial charge in [0.15, 0.2) is 0 Å². The number of likely N-dealkylation sites (tertiary alicyclic amines) is 1. The summed E-state index contributed by atoms with van der Waals surface area (Å²) in [4.78, 5) is 23.8. The van der Waals surface area contributed by atoms with E-state index in [2.05, 4.69) is 9.47 Å². The van der Waals surface area contributed by atoms with E-state index in [-0.39, 0.29) is 0 Å². The van der Waals surface area contributed by atoms with Gasteiger partial charge in [0.2, 0.25) is 0 Å². The first-order valence-corrected chi connectivity index (χ1v) is 4.61. The molecule has 2 atom stereocenters. The lowest BCUT2D eigenvalue weighted by molar-refractivity contribution is -0.150. The first kappa shape index (κ1) is 11.8. The topological polar surface area (TPSA) is 76.1 Å². The summed E-state index contributed by atoms with van der Waals surface area (Å²) in [7, 11) is 2.44. The second-order valence-corrected chi connectivity index (χ2v) is 3.63. The van der Waals surface area contributed by atoms with Gasteiger partial charge < -0.3 is 14.6 Å². The molecule has 1 aliphatic heterocycles. The monoisotopic (exact) mass is 217 g/mol. The van der Waals surface area contributed by atoms with Crippen molar-refractivity contribution in [1.82, 2.24) is 4.90 Å². The highest BCUT2D eigenvalue weighted by molar-refractivity contribution is 5.82. The maximum absolute atomic E-state index is 11.4. The Kier molecular flexibility index (Phi) is 3.18. The third-order valence-electron chi connectivity index (χ3n) is 2.57. The number of nitrogens with zero attached hydrogens (tertiary/aromatic N) is 1. The Morgan fingerprint density at radius 2 is 2.00 bits per heavy atom. The summed E-state index contributed by atoms with van der Waals surface area (Å²) in [6, 6.07) is -0.766. The Bertz CT molecular complexity index is 276. The molecule has 0 spiro atoms. The van der Waals surface area contributed by atoms with Crippen LogP contribution in [0.1, 0.15) is 19.8 Å². The smallest absolute Gasteiger partial charge is 0.412 e. The van der Waals surface area contributed by atoms with Crippen LogP contribution in [0, 0.1) is 0 Å². The van der Waals surface area contributed by atoms with Crippen molar-refractivity contribution in [2.45, 2.75) is 31.5 Å². The van der Waals surface area contributed by atoms with Gasteiger partial charge in [-0.05, 0) is 19.8 Å². The maximum atomic E-state index is 11.4. The van der Waals surface area contributed by atoms with Crippen LogP contribution in [0.4, 0.5) is 4.79 Å². The zero-order valence-electron chi connectivity index (χ0n) is 9.02. The number of ether oxygens (including phenoxy) is 2. The molecule has 6 heteroatoms. The molecule has 0 aromatic rings. The van der Waals surface area contributed by atoms with Crippen LogP contribution in [0.2, 0.25) is 0 Å². The first-order valence-electron chi connectivity index (χ1n) is 4.61. The number of carbonyl (C=O) groups is 2. The number of aliphatic hydroxyl groups is 1. The summed E-state index contributed by atoms with van der Waals surface area (Å²) in [6.07, 6.45) is -0.0377. The van der Waals surface area contributed by atoms with Crippen molar-refractivity contribution in [2.24, 2.45) is 0 Å². The minimum absolute atomic E-state index is 0.321. The number of esters is 1. The van der Waals surface area contributed by atoms with Gasteiger partial charge in [-0.25, -0.2) is 9.59 Å². The van der Waals surface area contributed by atoms with Crippen molar-refractivity contribution in [1.29, 1.82) is 0 Å². The van der Waals surface area contributed by atoms with Crippen molar-refractivity contribution < 1.29 is 24.2 Å². The van der Waals surface area contributed by atoms with Crippen molar-refractivity contribution in [2.75, 3.05) is 14.2 Å². The molecule has 0 aromatic carbocycles. The molecule has 0 unspecified atom stereocenters. The predicted octanol–water partition coefficient (Wildman–Crippen LogP) is 0.0987. The minimum Gasteiger partial charge on any atom is -0.467 e. The number of amides is 1. The largest absolute Gasteiger partial charge is 0.467 e. The van der Waals surface area contributed by atoms with E-state index in [0.29, 0.717) is 12.8 Å². The third kappa shape index (κ3) is 2.04. The molecule has 1 heterocycles. The molecular formula is C9H15NO5. The number of rotatable bonds is 1. The Labute approximate surface area is 87.8 Å². The Hall–Kier alpha value is -1.30. The first-order chi connectivity index (χ1) is 6.94. The van der Waals surface area contributed by atoms with E-state index >= 15 is 0 Å². The molecular weight excluding hydrogens is 202 g/mol. The SMILES string of the molecule is COC(=O)[C@@H]1CC[C@](C)(O)N1C(=O)OC. The van der Waals surface area contributed by atoms with Gasteiger partial charge in [-0.15, -0.1) is 0 Å². The molecule has 1 fully saturated rings. The van der Waals surface area contributed by atoms with Crippen LogP contribution in [0.5, 0.6) is 0 Å². The standard InChI is InChI=1S/C9H15NO5/c1-9(13)5-4-6(7(11)14-2)10(9)8(12)15-3/h6,13H,4-5H2,1-3H3/t6-,9-/m0/s1. The van der Waals surface area contributed by atoms with Crippen molar-refractivity contribution in [3.63, 3.8) is 0 Å². The van der Waals surface area contributed by atoms with E-state index in [1.165, 1.54) is 21.1 Å². The Morgan fingerprint density at radius 1 is 1.40 bits per heavy atom. The molecule has 1 saturated heterocycles. The summed E-state index contributed by atoms with van der Waals surface area (Å²) in [5.41, 5.74) is -1.36. The summed E-state index contributed by atoms with van der Waals surface area (Å²) in [5, 5.41) is 9.89. The van der Waals surface area contributed by atoms with Gasteiger partial charge in [-0.2, -0.15) is 0 Å². The quantitative estimate of drug-likeness (QED) is 0.630. The highest BCUT2D eigenvalue weighted by Gasteiger charge is 2.48. The van der Waals surface area contributed by atoms with Crippen LogP contribution in [-0.4, -0.2) is 48.1 Å². The lowest BCUT2D eigenvalue weighted by Crippen LogP contribution is -2.51. The van der Waals surface area contributed by atoms with E-state index in [0.717, 1.165) is 4.90 Å². The van der Waals surface area contributed by atoms with Gasteiger partial charge in [0, 0.05) is 0 Å². The van der Waals surface area contributed by atoms with Crippen molar-refractivity contribution >= 4 is 12.1 Å². The molecule has 0 aliphatic carbocycles. The molecule has 0 saturated carbocycles. The van der Waals surface area contributed by atoms with Gasteiger partial charge in [0.1, 0.15) is 11.8 Å². The van der Waals surface area contributed by atoms with Crippen molar-refractivity contribution in [3.8, 4) is 0 Å². The molecule has 1 N–H and O–H groups in total. The second kappa shape index (κ2) is 4.06. The van der Waals surface area contributed by atoms with Gasteiger partial charge in [0.25, 0.3) is 0 Å². The lowest BCUT2D eigenvalue weighted by atomic mass is 10.2. The van der Waals surface area contributed by atoms with Crippen molar-refractivity contribution in [3.05, 3.63) is 0 Å². The highest BCUT2D eigenvalue weighted by Crippen LogP contribution is 2.32. The molecule has 15 heavy (non-hydrogen) atoms. The van der Waals surface area contributed by atoms with E-state index in [9.17, 15) is 14.7 Å². The van der Waals surface area contributed by atoms with E-state index < -0.39 is 23.8 Å². The normalized spacial score (nSPS) is 30.1. The van der Waals surface area contributed by atoms with E-state index in [4.69, 9.17) is 0 Å². The summed E-state index contributed by atoms with van der Waals surface area (Å²) in [5.74, 6) is -0.543. The van der Waals surface area contributed by atoms with Crippen LogP contribution in [-0.2, 0) is 14.3 Å². The zero-order valence-corrected chi connectivity index (χ0v) is 9.02. The van der Waals surface area contributed by atoms with Gasteiger partial charge >= 0.3 is 12.1 Å². The highest BCUT2D eigenvalue weighted by atomic mass is 16.6. The molecule has 0 bridgehead atoms. The Balaban J connectivity index is 2.91. The third-order valence-corrected chi connectivity index (χ3v) is 2.57. The molecule has 0 radical (unpaired) electrons. The summed E-state index contributed by atoms with van der Waals surface area (Å²) >= 11 is 0.